The fraction of sp³-hybridized carbons (Fsp3) is 0.0769. The molecule has 0 bridgehead atoms. The third-order valence-electron chi connectivity index (χ3n) is 2.36. The minimum absolute atomic E-state index is 0.187. The van der Waals surface area contributed by atoms with Gasteiger partial charge in [0.1, 0.15) is 5.82 Å². The summed E-state index contributed by atoms with van der Waals surface area (Å²) in [6.07, 6.45) is 0. The molecular weight excluding hydrogens is 349 g/mol. The zero-order valence-corrected chi connectivity index (χ0v) is 12.1. The monoisotopic (exact) mass is 357 g/mol. The topological polar surface area (TPSA) is 12.0 Å². The van der Waals surface area contributed by atoms with Gasteiger partial charge >= 0.3 is 0 Å². The van der Waals surface area contributed by atoms with Crippen LogP contribution in [0.4, 0.5) is 10.1 Å². The number of rotatable bonds is 3. The molecule has 0 radical (unpaired) electrons. The fourth-order valence-corrected chi connectivity index (χ4v) is 2.65. The van der Waals surface area contributed by atoms with Gasteiger partial charge in [-0.1, -0.05) is 34.1 Å². The van der Waals surface area contributed by atoms with E-state index in [1.807, 2.05) is 24.3 Å². The predicted octanol–water partition coefficient (Wildman–Crippen LogP) is 4.96. The summed E-state index contributed by atoms with van der Waals surface area (Å²) in [7, 11) is 0. The second-order valence-electron chi connectivity index (χ2n) is 3.57. The molecule has 0 aliphatic heterocycles. The molecule has 0 unspecified atom stereocenters. The highest BCUT2D eigenvalue weighted by atomic mass is 79.9. The standard InChI is InChI=1S/C13H10Br2FN/c14-10-5-6-13(11(15)7-10)17-8-9-3-1-2-4-12(9)16/h1-7,17H,8H2. The van der Waals surface area contributed by atoms with Crippen LogP contribution in [0, 0.1) is 5.82 Å². The molecule has 2 rings (SSSR count). The van der Waals surface area contributed by atoms with Crippen LogP contribution >= 0.6 is 31.9 Å². The Morgan fingerprint density at radius 3 is 2.53 bits per heavy atom. The second kappa shape index (κ2) is 5.65. The summed E-state index contributed by atoms with van der Waals surface area (Å²) in [5, 5.41) is 3.19. The molecular formula is C13H10Br2FN. The largest absolute Gasteiger partial charge is 0.380 e. The molecule has 0 saturated carbocycles. The van der Waals surface area contributed by atoms with Gasteiger partial charge in [0.25, 0.3) is 0 Å². The van der Waals surface area contributed by atoms with Crippen LogP contribution in [0.1, 0.15) is 5.56 Å². The molecule has 1 nitrogen and oxygen atoms in total. The van der Waals surface area contributed by atoms with Crippen molar-refractivity contribution in [1.82, 2.24) is 0 Å². The van der Waals surface area contributed by atoms with E-state index in [4.69, 9.17) is 0 Å². The Hall–Kier alpha value is -0.870. The van der Waals surface area contributed by atoms with Crippen LogP contribution < -0.4 is 5.32 Å². The molecule has 0 atom stereocenters. The molecule has 4 heteroatoms. The van der Waals surface area contributed by atoms with E-state index in [0.29, 0.717) is 12.1 Å². The molecule has 2 aromatic carbocycles. The SMILES string of the molecule is Fc1ccccc1CNc1ccc(Br)cc1Br. The highest BCUT2D eigenvalue weighted by Crippen LogP contribution is 2.26. The van der Waals surface area contributed by atoms with Gasteiger partial charge in [-0.25, -0.2) is 4.39 Å². The molecule has 1 N–H and O–H groups in total. The molecule has 2 aromatic rings. The summed E-state index contributed by atoms with van der Waals surface area (Å²) in [6, 6.07) is 12.6. The van der Waals surface area contributed by atoms with Crippen molar-refractivity contribution in [3.05, 3.63) is 62.8 Å². The maximum Gasteiger partial charge on any atom is 0.128 e. The van der Waals surface area contributed by atoms with Crippen LogP contribution in [0.3, 0.4) is 0 Å². The summed E-state index contributed by atoms with van der Waals surface area (Å²) < 4.78 is 15.3. The Kier molecular flexibility index (Phi) is 4.18. The van der Waals surface area contributed by atoms with E-state index < -0.39 is 0 Å². The predicted molar refractivity (Wildman–Crippen MR) is 75.6 cm³/mol. The van der Waals surface area contributed by atoms with Crippen LogP contribution in [0.2, 0.25) is 0 Å². The zero-order valence-electron chi connectivity index (χ0n) is 8.88. The highest BCUT2D eigenvalue weighted by molar-refractivity contribution is 9.11. The Morgan fingerprint density at radius 1 is 1.06 bits per heavy atom. The van der Waals surface area contributed by atoms with Gasteiger partial charge in [-0.2, -0.15) is 0 Å². The number of benzene rings is 2. The van der Waals surface area contributed by atoms with E-state index in [2.05, 4.69) is 37.2 Å². The van der Waals surface area contributed by atoms with Crippen LogP contribution in [0.15, 0.2) is 51.4 Å². The van der Waals surface area contributed by atoms with Crippen molar-refractivity contribution in [2.45, 2.75) is 6.54 Å². The third kappa shape index (κ3) is 3.30. The van der Waals surface area contributed by atoms with Crippen LogP contribution in [0.25, 0.3) is 0 Å². The normalized spacial score (nSPS) is 10.3. The lowest BCUT2D eigenvalue weighted by atomic mass is 10.2. The molecule has 0 saturated heterocycles. The Bertz CT molecular complexity index is 529. The first-order valence-electron chi connectivity index (χ1n) is 5.09. The van der Waals surface area contributed by atoms with Crippen molar-refractivity contribution < 1.29 is 4.39 Å². The summed E-state index contributed by atoms with van der Waals surface area (Å²) in [6.45, 7) is 0.465. The quantitative estimate of drug-likeness (QED) is 0.817. The van der Waals surface area contributed by atoms with Crippen LogP contribution in [0.5, 0.6) is 0 Å². The number of halogens is 3. The van der Waals surface area contributed by atoms with E-state index in [0.717, 1.165) is 14.6 Å². The summed E-state index contributed by atoms with van der Waals surface area (Å²) in [4.78, 5) is 0. The van der Waals surface area contributed by atoms with E-state index in [9.17, 15) is 4.39 Å². The Labute approximate surface area is 116 Å². The average molecular weight is 359 g/mol. The minimum Gasteiger partial charge on any atom is -0.380 e. The molecule has 0 amide bonds. The van der Waals surface area contributed by atoms with Crippen LogP contribution in [-0.2, 0) is 6.54 Å². The minimum atomic E-state index is -0.187. The van der Waals surface area contributed by atoms with Crippen LogP contribution in [-0.4, -0.2) is 0 Å². The average Bonchev–Trinajstić information content (AvgIpc) is 2.30. The summed E-state index contributed by atoms with van der Waals surface area (Å²) >= 11 is 6.84. The van der Waals surface area contributed by atoms with E-state index in [1.54, 1.807) is 12.1 Å². The third-order valence-corrected chi connectivity index (χ3v) is 3.51. The maximum absolute atomic E-state index is 13.4. The summed E-state index contributed by atoms with van der Waals surface area (Å²) in [5.41, 5.74) is 1.60. The first kappa shape index (κ1) is 12.6. The van der Waals surface area contributed by atoms with Gasteiger partial charge in [-0.05, 0) is 40.2 Å². The first-order valence-corrected chi connectivity index (χ1v) is 6.68. The fourth-order valence-electron chi connectivity index (χ4n) is 1.47. The number of hydrogen-bond acceptors (Lipinski definition) is 1. The molecule has 0 aromatic heterocycles. The molecule has 0 aliphatic rings. The van der Waals surface area contributed by atoms with Crippen molar-refractivity contribution in [2.75, 3.05) is 5.32 Å². The van der Waals surface area contributed by atoms with Crippen molar-refractivity contribution in [3.63, 3.8) is 0 Å². The number of anilines is 1. The van der Waals surface area contributed by atoms with Gasteiger partial charge in [0.05, 0.1) is 0 Å². The van der Waals surface area contributed by atoms with Crippen molar-refractivity contribution in [1.29, 1.82) is 0 Å². The van der Waals surface area contributed by atoms with Gasteiger partial charge in [-0.15, -0.1) is 0 Å². The van der Waals surface area contributed by atoms with Gasteiger partial charge in [0.2, 0.25) is 0 Å². The van der Waals surface area contributed by atoms with Crippen molar-refractivity contribution >= 4 is 37.5 Å². The molecule has 0 heterocycles. The lowest BCUT2D eigenvalue weighted by Crippen LogP contribution is -2.02. The number of hydrogen-bond donors (Lipinski definition) is 1. The van der Waals surface area contributed by atoms with Gasteiger partial charge in [0.15, 0.2) is 0 Å². The van der Waals surface area contributed by atoms with E-state index >= 15 is 0 Å². The Morgan fingerprint density at radius 2 is 1.82 bits per heavy atom. The smallest absolute Gasteiger partial charge is 0.128 e. The molecule has 17 heavy (non-hydrogen) atoms. The Balaban J connectivity index is 2.10. The molecule has 0 aliphatic carbocycles. The lowest BCUT2D eigenvalue weighted by Gasteiger charge is -2.09. The van der Waals surface area contributed by atoms with Gasteiger partial charge < -0.3 is 5.32 Å². The second-order valence-corrected chi connectivity index (χ2v) is 5.34. The maximum atomic E-state index is 13.4. The summed E-state index contributed by atoms with van der Waals surface area (Å²) in [5.74, 6) is -0.187. The zero-order chi connectivity index (χ0) is 12.3. The van der Waals surface area contributed by atoms with E-state index in [-0.39, 0.29) is 5.82 Å². The molecule has 0 spiro atoms. The van der Waals surface area contributed by atoms with Gasteiger partial charge in [0, 0.05) is 26.7 Å². The van der Waals surface area contributed by atoms with Gasteiger partial charge in [-0.3, -0.25) is 0 Å². The highest BCUT2D eigenvalue weighted by Gasteiger charge is 2.03. The molecule has 0 fully saturated rings. The molecule has 88 valence electrons. The van der Waals surface area contributed by atoms with E-state index in [1.165, 1.54) is 6.07 Å². The van der Waals surface area contributed by atoms with Crippen molar-refractivity contribution in [3.8, 4) is 0 Å². The van der Waals surface area contributed by atoms with Crippen molar-refractivity contribution in [2.24, 2.45) is 0 Å². The first-order chi connectivity index (χ1) is 8.16. The number of nitrogens with one attached hydrogen (secondary N) is 1. The lowest BCUT2D eigenvalue weighted by molar-refractivity contribution is 0.613.